The van der Waals surface area contributed by atoms with Crippen LogP contribution in [0.3, 0.4) is 0 Å². The summed E-state index contributed by atoms with van der Waals surface area (Å²) in [5.41, 5.74) is 3.00. The zero-order chi connectivity index (χ0) is 16.5. The van der Waals surface area contributed by atoms with Gasteiger partial charge in [0.25, 0.3) is 0 Å². The first-order valence-corrected chi connectivity index (χ1v) is 8.14. The second-order valence-electron chi connectivity index (χ2n) is 6.25. The van der Waals surface area contributed by atoms with Crippen LogP contribution < -0.4 is 15.5 Å². The van der Waals surface area contributed by atoms with Crippen LogP contribution in [-0.4, -0.2) is 54.0 Å². The smallest absolute Gasteiger partial charge is 0.230 e. The average molecular weight is 324 g/mol. The Bertz CT molecular complexity index is 752. The molecule has 0 spiro atoms. The zero-order valence-corrected chi connectivity index (χ0v) is 13.6. The number of carbonyl (C=O) groups is 1. The molecule has 7 heteroatoms. The minimum absolute atomic E-state index is 0.0343. The fraction of sp³-hybridized carbons (Fsp3) is 0.353. The van der Waals surface area contributed by atoms with Gasteiger partial charge < -0.3 is 20.4 Å². The number of nitrogens with one attached hydrogen (secondary N) is 2. The second kappa shape index (κ2) is 6.09. The van der Waals surface area contributed by atoms with Crippen molar-refractivity contribution in [1.82, 2.24) is 14.9 Å². The van der Waals surface area contributed by atoms with Crippen molar-refractivity contribution in [3.05, 3.63) is 36.0 Å². The Labute approximate surface area is 140 Å². The molecule has 0 aliphatic carbocycles. The van der Waals surface area contributed by atoms with Crippen LogP contribution in [0.15, 0.2) is 30.5 Å². The highest BCUT2D eigenvalue weighted by molar-refractivity contribution is 5.97. The maximum atomic E-state index is 11.4. The van der Waals surface area contributed by atoms with Gasteiger partial charge in [-0.15, -0.1) is 0 Å². The highest BCUT2D eigenvalue weighted by Crippen LogP contribution is 2.24. The Balaban J connectivity index is 1.44. The van der Waals surface area contributed by atoms with Crippen molar-refractivity contribution in [3.63, 3.8) is 0 Å². The van der Waals surface area contributed by atoms with Crippen LogP contribution in [0.1, 0.15) is 5.56 Å². The van der Waals surface area contributed by atoms with Crippen LogP contribution in [0.4, 0.5) is 23.1 Å². The van der Waals surface area contributed by atoms with Gasteiger partial charge in [0.2, 0.25) is 11.9 Å². The third-order valence-corrected chi connectivity index (χ3v) is 4.47. The predicted octanol–water partition coefficient (Wildman–Crippen LogP) is 1.47. The predicted molar refractivity (Wildman–Crippen MR) is 93.8 cm³/mol. The largest absolute Gasteiger partial charge is 0.369 e. The van der Waals surface area contributed by atoms with Crippen LogP contribution in [0.5, 0.6) is 0 Å². The van der Waals surface area contributed by atoms with E-state index in [-0.39, 0.29) is 5.91 Å². The number of fused-ring (bicyclic) bond motifs is 1. The quantitative estimate of drug-likeness (QED) is 0.891. The molecule has 0 atom stereocenters. The number of likely N-dealkylation sites (N-methyl/N-ethyl adjacent to an activating group) is 1. The van der Waals surface area contributed by atoms with Gasteiger partial charge >= 0.3 is 0 Å². The number of carbonyl (C=O) groups excluding carboxylic acids is 1. The van der Waals surface area contributed by atoms with Crippen LogP contribution in [0, 0.1) is 0 Å². The van der Waals surface area contributed by atoms with E-state index in [0.29, 0.717) is 18.2 Å². The lowest BCUT2D eigenvalue weighted by Gasteiger charge is -2.34. The van der Waals surface area contributed by atoms with Crippen molar-refractivity contribution in [3.8, 4) is 0 Å². The van der Waals surface area contributed by atoms with Crippen LogP contribution >= 0.6 is 0 Å². The molecule has 24 heavy (non-hydrogen) atoms. The molecule has 0 unspecified atom stereocenters. The molecule has 2 aromatic rings. The molecule has 1 aromatic carbocycles. The summed E-state index contributed by atoms with van der Waals surface area (Å²) in [5, 5.41) is 5.92. The Morgan fingerprint density at radius 3 is 2.62 bits per heavy atom. The van der Waals surface area contributed by atoms with Gasteiger partial charge in [-0.05, 0) is 31.3 Å². The molecule has 2 aliphatic rings. The van der Waals surface area contributed by atoms with Crippen molar-refractivity contribution in [2.45, 2.75) is 6.42 Å². The van der Waals surface area contributed by atoms with Crippen molar-refractivity contribution in [2.24, 2.45) is 0 Å². The summed E-state index contributed by atoms with van der Waals surface area (Å²) >= 11 is 0. The van der Waals surface area contributed by atoms with E-state index in [0.717, 1.165) is 37.4 Å². The van der Waals surface area contributed by atoms with Gasteiger partial charge in [0, 0.05) is 49.3 Å². The third kappa shape index (κ3) is 3.03. The molecule has 124 valence electrons. The van der Waals surface area contributed by atoms with Gasteiger partial charge in [-0.25, -0.2) is 4.98 Å². The molecule has 1 aromatic heterocycles. The third-order valence-electron chi connectivity index (χ3n) is 4.47. The van der Waals surface area contributed by atoms with E-state index in [1.807, 2.05) is 12.1 Å². The maximum absolute atomic E-state index is 11.4. The number of benzene rings is 1. The van der Waals surface area contributed by atoms with E-state index < -0.39 is 0 Å². The van der Waals surface area contributed by atoms with E-state index in [9.17, 15) is 4.79 Å². The SMILES string of the molecule is CN1CCN(c2ccc(Nc3ncc4c(n3)NC(=O)C4)cc2)CC1. The standard InChI is InChI=1S/C17H20N6O/c1-22-6-8-23(9-7-22)14-4-2-13(3-5-14)19-17-18-11-12-10-15(24)20-16(12)21-17/h2-5,11H,6-10H2,1H3,(H2,18,19,20,21,24). The lowest BCUT2D eigenvalue weighted by atomic mass is 10.2. The summed E-state index contributed by atoms with van der Waals surface area (Å²) in [4.78, 5) is 24.7. The minimum atomic E-state index is -0.0343. The van der Waals surface area contributed by atoms with Gasteiger partial charge in [0.15, 0.2) is 0 Å². The molecule has 1 amide bonds. The molecule has 0 radical (unpaired) electrons. The number of aromatic nitrogens is 2. The average Bonchev–Trinajstić information content (AvgIpc) is 2.96. The molecule has 2 aliphatic heterocycles. The first kappa shape index (κ1) is 14.9. The number of hydrogen-bond acceptors (Lipinski definition) is 6. The summed E-state index contributed by atoms with van der Waals surface area (Å²) in [7, 11) is 2.16. The molecule has 1 saturated heterocycles. The minimum Gasteiger partial charge on any atom is -0.369 e. The first-order chi connectivity index (χ1) is 11.7. The number of piperazine rings is 1. The number of amides is 1. The molecule has 2 N–H and O–H groups in total. The number of nitrogens with zero attached hydrogens (tertiary/aromatic N) is 4. The Morgan fingerprint density at radius 1 is 1.12 bits per heavy atom. The molecule has 7 nitrogen and oxygen atoms in total. The van der Waals surface area contributed by atoms with Crippen molar-refractivity contribution >= 4 is 29.0 Å². The molecule has 0 saturated carbocycles. The van der Waals surface area contributed by atoms with Gasteiger partial charge in [-0.3, -0.25) is 4.79 Å². The van der Waals surface area contributed by atoms with E-state index >= 15 is 0 Å². The molecule has 1 fully saturated rings. The summed E-state index contributed by atoms with van der Waals surface area (Å²) in [6.45, 7) is 4.29. The monoisotopic (exact) mass is 324 g/mol. The summed E-state index contributed by atoms with van der Waals surface area (Å²) in [6.07, 6.45) is 2.05. The first-order valence-electron chi connectivity index (χ1n) is 8.14. The Hall–Kier alpha value is -2.67. The Morgan fingerprint density at radius 2 is 1.88 bits per heavy atom. The van der Waals surface area contributed by atoms with E-state index in [4.69, 9.17) is 0 Å². The van der Waals surface area contributed by atoms with Gasteiger partial charge in [-0.2, -0.15) is 4.98 Å². The van der Waals surface area contributed by atoms with Crippen LogP contribution in [0.25, 0.3) is 0 Å². The number of rotatable bonds is 3. The van der Waals surface area contributed by atoms with E-state index in [1.54, 1.807) is 6.20 Å². The molecular formula is C17H20N6O. The van der Waals surface area contributed by atoms with Crippen LogP contribution in [0.2, 0.25) is 0 Å². The van der Waals surface area contributed by atoms with Gasteiger partial charge in [0.05, 0.1) is 6.42 Å². The van der Waals surface area contributed by atoms with Crippen molar-refractivity contribution in [1.29, 1.82) is 0 Å². The molecule has 0 bridgehead atoms. The summed E-state index contributed by atoms with van der Waals surface area (Å²) in [6, 6.07) is 8.29. The summed E-state index contributed by atoms with van der Waals surface area (Å²) in [5.74, 6) is 1.06. The van der Waals surface area contributed by atoms with Gasteiger partial charge in [0.1, 0.15) is 5.82 Å². The normalized spacial score (nSPS) is 17.5. The lowest BCUT2D eigenvalue weighted by molar-refractivity contribution is -0.115. The summed E-state index contributed by atoms with van der Waals surface area (Å²) < 4.78 is 0. The fourth-order valence-corrected chi connectivity index (χ4v) is 3.00. The second-order valence-corrected chi connectivity index (χ2v) is 6.25. The number of anilines is 4. The molecule has 4 rings (SSSR count). The van der Waals surface area contributed by atoms with Crippen LogP contribution in [-0.2, 0) is 11.2 Å². The van der Waals surface area contributed by atoms with Crippen molar-refractivity contribution in [2.75, 3.05) is 48.8 Å². The van der Waals surface area contributed by atoms with Gasteiger partial charge in [-0.1, -0.05) is 0 Å². The van der Waals surface area contributed by atoms with E-state index in [1.165, 1.54) is 5.69 Å². The molecule has 3 heterocycles. The van der Waals surface area contributed by atoms with E-state index in [2.05, 4.69) is 49.6 Å². The highest BCUT2D eigenvalue weighted by Gasteiger charge is 2.20. The molecular weight excluding hydrogens is 304 g/mol. The zero-order valence-electron chi connectivity index (χ0n) is 13.6. The Kier molecular flexibility index (Phi) is 3.78. The van der Waals surface area contributed by atoms with Crippen molar-refractivity contribution < 1.29 is 4.79 Å². The topological polar surface area (TPSA) is 73.4 Å². The highest BCUT2D eigenvalue weighted by atomic mass is 16.1. The number of hydrogen-bond donors (Lipinski definition) is 2. The maximum Gasteiger partial charge on any atom is 0.230 e. The lowest BCUT2D eigenvalue weighted by Crippen LogP contribution is -2.44. The fourth-order valence-electron chi connectivity index (χ4n) is 3.00.